The Labute approximate surface area is 125 Å². The smallest absolute Gasteiger partial charge is 0.125 e. The maximum atomic E-state index is 6.22. The van der Waals surface area contributed by atoms with E-state index in [1.807, 2.05) is 24.4 Å². The monoisotopic (exact) mass is 344 g/mol. The van der Waals surface area contributed by atoms with Gasteiger partial charge in [0.05, 0.1) is 5.02 Å². The summed E-state index contributed by atoms with van der Waals surface area (Å²) in [6.07, 6.45) is 1.91. The number of halogens is 2. The lowest BCUT2D eigenvalue weighted by molar-refractivity contribution is 0.593. The highest BCUT2D eigenvalue weighted by Gasteiger charge is 2.09. The van der Waals surface area contributed by atoms with Crippen LogP contribution in [0.4, 0.5) is 0 Å². The fraction of sp³-hybridized carbons (Fsp3) is 0.308. The molecule has 0 radical (unpaired) electrons. The third-order valence-corrected chi connectivity index (χ3v) is 4.24. The van der Waals surface area contributed by atoms with E-state index >= 15 is 0 Å². The lowest BCUT2D eigenvalue weighted by Crippen LogP contribution is -2.21. The SMILES string of the molecule is CC(C)NCc1cnc(-c2ccc(Br)cc2Cl)s1. The molecule has 0 bridgehead atoms. The summed E-state index contributed by atoms with van der Waals surface area (Å²) in [7, 11) is 0. The number of nitrogens with zero attached hydrogens (tertiary/aromatic N) is 1. The van der Waals surface area contributed by atoms with Gasteiger partial charge >= 0.3 is 0 Å². The highest BCUT2D eigenvalue weighted by atomic mass is 79.9. The molecule has 0 saturated heterocycles. The lowest BCUT2D eigenvalue weighted by atomic mass is 10.2. The molecule has 2 nitrogen and oxygen atoms in total. The summed E-state index contributed by atoms with van der Waals surface area (Å²) in [5, 5.41) is 5.07. The van der Waals surface area contributed by atoms with Gasteiger partial charge in [-0.3, -0.25) is 0 Å². The fourth-order valence-corrected chi connectivity index (χ4v) is 3.20. The first-order valence-corrected chi connectivity index (χ1v) is 7.68. The predicted molar refractivity (Wildman–Crippen MR) is 82.2 cm³/mol. The molecule has 0 aliphatic carbocycles. The van der Waals surface area contributed by atoms with Crippen LogP contribution in [0.3, 0.4) is 0 Å². The highest BCUT2D eigenvalue weighted by Crippen LogP contribution is 2.33. The average Bonchev–Trinajstić information content (AvgIpc) is 2.75. The Bertz CT molecular complexity index is 540. The molecular formula is C13H14BrClN2S. The molecule has 0 fully saturated rings. The molecule has 0 aliphatic heterocycles. The minimum atomic E-state index is 0.479. The van der Waals surface area contributed by atoms with E-state index < -0.39 is 0 Å². The van der Waals surface area contributed by atoms with E-state index in [1.165, 1.54) is 4.88 Å². The molecule has 2 rings (SSSR count). The van der Waals surface area contributed by atoms with Crippen molar-refractivity contribution in [3.63, 3.8) is 0 Å². The Kier molecular flexibility index (Phi) is 4.78. The van der Waals surface area contributed by atoms with E-state index in [-0.39, 0.29) is 0 Å². The van der Waals surface area contributed by atoms with Crippen molar-refractivity contribution in [2.24, 2.45) is 0 Å². The summed E-state index contributed by atoms with van der Waals surface area (Å²) in [6.45, 7) is 5.12. The Morgan fingerprint density at radius 1 is 1.44 bits per heavy atom. The molecule has 0 amide bonds. The van der Waals surface area contributed by atoms with Gasteiger partial charge in [0.15, 0.2) is 0 Å². The second-order valence-electron chi connectivity index (χ2n) is 4.29. The van der Waals surface area contributed by atoms with Crippen LogP contribution in [0.1, 0.15) is 18.7 Å². The second-order valence-corrected chi connectivity index (χ2v) is 6.73. The summed E-state index contributed by atoms with van der Waals surface area (Å²) in [4.78, 5) is 5.65. The molecule has 1 aromatic carbocycles. The van der Waals surface area contributed by atoms with Gasteiger partial charge in [-0.2, -0.15) is 0 Å². The van der Waals surface area contributed by atoms with E-state index in [1.54, 1.807) is 11.3 Å². The lowest BCUT2D eigenvalue weighted by Gasteiger charge is -2.04. The Hall–Kier alpha value is -0.420. The number of thiazole rings is 1. The van der Waals surface area contributed by atoms with E-state index in [0.717, 1.165) is 26.6 Å². The average molecular weight is 346 g/mol. The number of aromatic nitrogens is 1. The van der Waals surface area contributed by atoms with Crippen molar-refractivity contribution >= 4 is 38.9 Å². The van der Waals surface area contributed by atoms with Crippen molar-refractivity contribution in [1.29, 1.82) is 0 Å². The molecule has 0 spiro atoms. The van der Waals surface area contributed by atoms with Gasteiger partial charge in [-0.1, -0.05) is 41.4 Å². The first kappa shape index (κ1) is 14.0. The zero-order valence-corrected chi connectivity index (χ0v) is 13.4. The predicted octanol–water partition coefficient (Wildman–Crippen LogP) is 4.72. The molecule has 0 saturated carbocycles. The first-order chi connectivity index (χ1) is 8.56. The topological polar surface area (TPSA) is 24.9 Å². The Morgan fingerprint density at radius 3 is 2.89 bits per heavy atom. The van der Waals surface area contributed by atoms with Crippen molar-refractivity contribution in [3.05, 3.63) is 38.8 Å². The molecule has 0 unspecified atom stereocenters. The van der Waals surface area contributed by atoms with E-state index in [4.69, 9.17) is 11.6 Å². The van der Waals surface area contributed by atoms with Crippen LogP contribution in [0.2, 0.25) is 5.02 Å². The zero-order valence-electron chi connectivity index (χ0n) is 10.2. The van der Waals surface area contributed by atoms with Crippen LogP contribution in [-0.2, 0) is 6.54 Å². The summed E-state index contributed by atoms with van der Waals surface area (Å²) >= 11 is 11.3. The van der Waals surface area contributed by atoms with Gasteiger partial charge in [0.2, 0.25) is 0 Å². The highest BCUT2D eigenvalue weighted by molar-refractivity contribution is 9.10. The van der Waals surface area contributed by atoms with E-state index in [9.17, 15) is 0 Å². The number of hydrogen-bond acceptors (Lipinski definition) is 3. The first-order valence-electron chi connectivity index (χ1n) is 5.70. The maximum Gasteiger partial charge on any atom is 0.125 e. The van der Waals surface area contributed by atoms with Gasteiger partial charge in [-0.15, -0.1) is 11.3 Å². The third kappa shape index (κ3) is 3.54. The maximum absolute atomic E-state index is 6.22. The van der Waals surface area contributed by atoms with Crippen LogP contribution < -0.4 is 5.32 Å². The van der Waals surface area contributed by atoms with Crippen molar-refractivity contribution in [2.45, 2.75) is 26.4 Å². The van der Waals surface area contributed by atoms with Crippen LogP contribution in [0.5, 0.6) is 0 Å². The van der Waals surface area contributed by atoms with Gasteiger partial charge in [-0.05, 0) is 18.2 Å². The van der Waals surface area contributed by atoms with Crippen LogP contribution >= 0.6 is 38.9 Å². The van der Waals surface area contributed by atoms with Gasteiger partial charge < -0.3 is 5.32 Å². The molecule has 0 aliphatic rings. The largest absolute Gasteiger partial charge is 0.310 e. The molecule has 18 heavy (non-hydrogen) atoms. The minimum Gasteiger partial charge on any atom is -0.310 e. The van der Waals surface area contributed by atoms with Crippen molar-refractivity contribution < 1.29 is 0 Å². The Morgan fingerprint density at radius 2 is 2.22 bits per heavy atom. The molecule has 0 atom stereocenters. The fourth-order valence-electron chi connectivity index (χ4n) is 1.48. The van der Waals surface area contributed by atoms with Crippen molar-refractivity contribution in [3.8, 4) is 10.6 Å². The number of nitrogens with one attached hydrogen (secondary N) is 1. The quantitative estimate of drug-likeness (QED) is 0.867. The standard InChI is InChI=1S/C13H14BrClN2S/c1-8(2)16-6-10-7-17-13(18-10)11-4-3-9(14)5-12(11)15/h3-5,7-8,16H,6H2,1-2H3. The second kappa shape index (κ2) is 6.15. The van der Waals surface area contributed by atoms with Gasteiger partial charge in [0.25, 0.3) is 0 Å². The molecule has 1 heterocycles. The van der Waals surface area contributed by atoms with Gasteiger partial charge in [0.1, 0.15) is 5.01 Å². The third-order valence-electron chi connectivity index (χ3n) is 2.40. The normalized spacial score (nSPS) is 11.2. The summed E-state index contributed by atoms with van der Waals surface area (Å²) < 4.78 is 0.981. The molecule has 96 valence electrons. The van der Waals surface area contributed by atoms with Crippen LogP contribution in [0.25, 0.3) is 10.6 Å². The number of hydrogen-bond donors (Lipinski definition) is 1. The van der Waals surface area contributed by atoms with E-state index in [0.29, 0.717) is 6.04 Å². The van der Waals surface area contributed by atoms with Crippen LogP contribution in [-0.4, -0.2) is 11.0 Å². The molecular weight excluding hydrogens is 332 g/mol. The minimum absolute atomic E-state index is 0.479. The molecule has 1 N–H and O–H groups in total. The van der Waals surface area contributed by atoms with Crippen LogP contribution in [0.15, 0.2) is 28.9 Å². The summed E-state index contributed by atoms with van der Waals surface area (Å²) in [6, 6.07) is 6.34. The van der Waals surface area contributed by atoms with Gasteiger partial charge in [0, 0.05) is 33.7 Å². The summed E-state index contributed by atoms with van der Waals surface area (Å²) in [5.41, 5.74) is 0.987. The van der Waals surface area contributed by atoms with Crippen LogP contribution in [0, 0.1) is 0 Å². The molecule has 2 aromatic rings. The number of benzene rings is 1. The Balaban J connectivity index is 2.18. The zero-order chi connectivity index (χ0) is 13.1. The van der Waals surface area contributed by atoms with Crippen molar-refractivity contribution in [2.75, 3.05) is 0 Å². The van der Waals surface area contributed by atoms with Gasteiger partial charge in [-0.25, -0.2) is 4.98 Å². The molecule has 1 aromatic heterocycles. The van der Waals surface area contributed by atoms with E-state index in [2.05, 4.69) is 40.1 Å². The summed E-state index contributed by atoms with van der Waals surface area (Å²) in [5.74, 6) is 0. The van der Waals surface area contributed by atoms with Crippen molar-refractivity contribution in [1.82, 2.24) is 10.3 Å². The number of rotatable bonds is 4. The molecule has 5 heteroatoms.